The lowest BCUT2D eigenvalue weighted by atomic mass is 10.1. The lowest BCUT2D eigenvalue weighted by molar-refractivity contribution is -0.681. The zero-order valence-corrected chi connectivity index (χ0v) is 17.3. The Hall–Kier alpha value is -2.99. The largest absolute Gasteiger partial charge is 1.00 e. The fraction of sp³-hybridized carbons (Fsp3) is 0.136. The monoisotopic (exact) mass is 437 g/mol. The molecule has 0 bridgehead atoms. The third kappa shape index (κ3) is 3.97. The van der Waals surface area contributed by atoms with E-state index in [1.54, 1.807) is 31.4 Å². The Morgan fingerprint density at radius 3 is 2.46 bits per heavy atom. The Morgan fingerprint density at radius 2 is 1.79 bits per heavy atom. The standard InChI is InChI=1S/C22H20N3O2.BrH/c1-16-3-7-18(8-4-16)25-15-23-20-13-24(12-11-21(20)25)14-22(26)17-5-9-19(27-2)10-6-17;/h3-13,15H,14H2,1-2H3;1H/q+1;/p-1. The quantitative estimate of drug-likeness (QED) is 0.337. The molecule has 142 valence electrons. The number of ether oxygens (including phenoxy) is 1. The maximum absolute atomic E-state index is 12.5. The molecule has 0 saturated carbocycles. The average molecular weight is 438 g/mol. The van der Waals surface area contributed by atoms with Gasteiger partial charge in [-0.2, -0.15) is 4.57 Å². The first kappa shape index (κ1) is 19.8. The molecule has 2 aromatic heterocycles. The molecule has 0 N–H and O–H groups in total. The highest BCUT2D eigenvalue weighted by Gasteiger charge is 2.15. The van der Waals surface area contributed by atoms with Gasteiger partial charge in [-0.1, -0.05) is 17.7 Å². The first-order valence-electron chi connectivity index (χ1n) is 8.74. The Bertz CT molecular complexity index is 1100. The number of Topliss-reactive ketones (excluding diaryl/α,β-unsaturated/α-hetero) is 1. The molecule has 6 heteroatoms. The van der Waals surface area contributed by atoms with Crippen LogP contribution in [0, 0.1) is 6.92 Å². The van der Waals surface area contributed by atoms with Crippen LogP contribution >= 0.6 is 0 Å². The summed E-state index contributed by atoms with van der Waals surface area (Å²) in [6.45, 7) is 2.33. The van der Waals surface area contributed by atoms with Crippen molar-refractivity contribution in [3.8, 4) is 11.4 Å². The van der Waals surface area contributed by atoms with E-state index in [9.17, 15) is 4.79 Å². The van der Waals surface area contributed by atoms with Gasteiger partial charge in [-0.25, -0.2) is 4.98 Å². The number of fused-ring (bicyclic) bond motifs is 1. The summed E-state index contributed by atoms with van der Waals surface area (Å²) in [5.74, 6) is 0.780. The molecule has 0 aliphatic carbocycles. The van der Waals surface area contributed by atoms with Crippen LogP contribution < -0.4 is 26.3 Å². The smallest absolute Gasteiger partial charge is 0.227 e. The molecule has 4 aromatic rings. The minimum absolute atomic E-state index is 0. The van der Waals surface area contributed by atoms with Crippen molar-refractivity contribution < 1.29 is 31.1 Å². The highest BCUT2D eigenvalue weighted by Crippen LogP contribution is 2.17. The zero-order valence-electron chi connectivity index (χ0n) is 15.7. The summed E-state index contributed by atoms with van der Waals surface area (Å²) in [5, 5.41) is 0. The molecule has 0 fully saturated rings. The first-order valence-corrected chi connectivity index (χ1v) is 8.74. The van der Waals surface area contributed by atoms with E-state index in [4.69, 9.17) is 4.74 Å². The maximum Gasteiger partial charge on any atom is 0.227 e. The van der Waals surface area contributed by atoms with Crippen LogP contribution in [0.3, 0.4) is 0 Å². The molecular weight excluding hydrogens is 418 g/mol. The van der Waals surface area contributed by atoms with Gasteiger partial charge in [0.05, 0.1) is 12.6 Å². The predicted molar refractivity (Wildman–Crippen MR) is 103 cm³/mol. The van der Waals surface area contributed by atoms with Crippen LogP contribution in [0.5, 0.6) is 5.75 Å². The number of hydrogen-bond donors (Lipinski definition) is 0. The van der Waals surface area contributed by atoms with Gasteiger partial charge in [-0.15, -0.1) is 0 Å². The minimum Gasteiger partial charge on any atom is -1.00 e. The number of pyridine rings is 1. The number of imidazole rings is 1. The summed E-state index contributed by atoms with van der Waals surface area (Å²) in [6.07, 6.45) is 5.63. The fourth-order valence-electron chi connectivity index (χ4n) is 3.05. The Labute approximate surface area is 174 Å². The summed E-state index contributed by atoms with van der Waals surface area (Å²) in [6, 6.07) is 17.5. The van der Waals surface area contributed by atoms with Gasteiger partial charge in [0.1, 0.15) is 12.1 Å². The van der Waals surface area contributed by atoms with Crippen LogP contribution in [-0.4, -0.2) is 22.4 Å². The van der Waals surface area contributed by atoms with Gasteiger partial charge in [0.25, 0.3) is 0 Å². The van der Waals surface area contributed by atoms with Gasteiger partial charge in [-0.3, -0.25) is 9.36 Å². The molecule has 0 unspecified atom stereocenters. The second kappa shape index (κ2) is 8.35. The summed E-state index contributed by atoms with van der Waals surface area (Å²) >= 11 is 0. The highest BCUT2D eigenvalue weighted by atomic mass is 79.9. The molecule has 0 amide bonds. The molecule has 0 spiro atoms. The number of hydrogen-bond acceptors (Lipinski definition) is 3. The molecule has 0 saturated heterocycles. The van der Waals surface area contributed by atoms with Crippen LogP contribution in [-0.2, 0) is 6.54 Å². The third-order valence-corrected chi connectivity index (χ3v) is 4.60. The Kier molecular flexibility index (Phi) is 5.90. The molecule has 0 atom stereocenters. The van der Waals surface area contributed by atoms with Crippen LogP contribution in [0.1, 0.15) is 15.9 Å². The summed E-state index contributed by atoms with van der Waals surface area (Å²) in [4.78, 5) is 17.0. The molecule has 2 heterocycles. The van der Waals surface area contributed by atoms with E-state index in [2.05, 4.69) is 36.2 Å². The number of carbonyl (C=O) groups excluding carboxylic acids is 1. The normalized spacial score (nSPS) is 10.5. The van der Waals surface area contributed by atoms with Gasteiger partial charge >= 0.3 is 0 Å². The average Bonchev–Trinajstić information content (AvgIpc) is 3.12. The second-order valence-corrected chi connectivity index (χ2v) is 6.49. The summed E-state index contributed by atoms with van der Waals surface area (Å²) in [5.41, 5.74) is 4.80. The molecule has 4 rings (SSSR count). The molecule has 5 nitrogen and oxygen atoms in total. The van der Waals surface area contributed by atoms with Crippen LogP contribution in [0.4, 0.5) is 0 Å². The molecule has 2 aromatic carbocycles. The number of aromatic nitrogens is 3. The van der Waals surface area contributed by atoms with Crippen molar-refractivity contribution in [3.05, 3.63) is 84.4 Å². The highest BCUT2D eigenvalue weighted by molar-refractivity contribution is 5.95. The molecule has 0 aliphatic heterocycles. The lowest BCUT2D eigenvalue weighted by Gasteiger charge is -2.04. The van der Waals surface area contributed by atoms with Crippen LogP contribution in [0.2, 0.25) is 0 Å². The van der Waals surface area contributed by atoms with Gasteiger partial charge in [0.2, 0.25) is 12.3 Å². The Balaban J connectivity index is 0.00000225. The number of benzene rings is 2. The zero-order chi connectivity index (χ0) is 18.8. The predicted octanol–water partition coefficient (Wildman–Crippen LogP) is 0.517. The number of methoxy groups -OCH3 is 1. The van der Waals surface area contributed by atoms with Crippen LogP contribution in [0.15, 0.2) is 73.3 Å². The van der Waals surface area contributed by atoms with Crippen molar-refractivity contribution >= 4 is 16.8 Å². The van der Waals surface area contributed by atoms with Gasteiger partial charge < -0.3 is 21.7 Å². The summed E-state index contributed by atoms with van der Waals surface area (Å²) < 4.78 is 9.04. The van der Waals surface area contributed by atoms with E-state index >= 15 is 0 Å². The van der Waals surface area contributed by atoms with E-state index in [1.165, 1.54) is 5.56 Å². The third-order valence-electron chi connectivity index (χ3n) is 4.60. The SMILES string of the molecule is COc1ccc(C(=O)C[n+]2ccc3c(c2)ncn3-c2ccc(C)cc2)cc1.[Br-]. The van der Waals surface area contributed by atoms with Gasteiger partial charge in [0.15, 0.2) is 17.9 Å². The lowest BCUT2D eigenvalue weighted by Crippen LogP contribution is -3.00. The van der Waals surface area contributed by atoms with E-state index in [-0.39, 0.29) is 29.3 Å². The van der Waals surface area contributed by atoms with Crippen molar-refractivity contribution in [2.45, 2.75) is 13.5 Å². The number of rotatable bonds is 5. The molecular formula is C22H20BrN3O2. The van der Waals surface area contributed by atoms with Crippen molar-refractivity contribution in [1.29, 1.82) is 0 Å². The van der Waals surface area contributed by atoms with Crippen molar-refractivity contribution in [1.82, 2.24) is 9.55 Å². The maximum atomic E-state index is 12.5. The Morgan fingerprint density at radius 1 is 1.07 bits per heavy atom. The van der Waals surface area contributed by atoms with E-state index in [1.807, 2.05) is 33.9 Å². The van der Waals surface area contributed by atoms with Gasteiger partial charge in [-0.05, 0) is 43.3 Å². The number of nitrogens with zero attached hydrogens (tertiary/aromatic N) is 3. The topological polar surface area (TPSA) is 48.0 Å². The fourth-order valence-corrected chi connectivity index (χ4v) is 3.05. The van der Waals surface area contributed by atoms with Crippen LogP contribution in [0.25, 0.3) is 16.7 Å². The number of ketones is 1. The number of aryl methyl sites for hydroxylation is 1. The number of halogens is 1. The van der Waals surface area contributed by atoms with Crippen molar-refractivity contribution in [2.24, 2.45) is 0 Å². The molecule has 0 aliphatic rings. The van der Waals surface area contributed by atoms with E-state index in [0.29, 0.717) is 5.56 Å². The van der Waals surface area contributed by atoms with E-state index < -0.39 is 0 Å². The van der Waals surface area contributed by atoms with Crippen molar-refractivity contribution in [3.63, 3.8) is 0 Å². The van der Waals surface area contributed by atoms with Crippen molar-refractivity contribution in [2.75, 3.05) is 7.11 Å². The van der Waals surface area contributed by atoms with Gasteiger partial charge in [0, 0.05) is 17.3 Å². The number of carbonyl (C=O) groups is 1. The molecule has 28 heavy (non-hydrogen) atoms. The van der Waals surface area contributed by atoms with E-state index in [0.717, 1.165) is 22.5 Å². The minimum atomic E-state index is 0. The summed E-state index contributed by atoms with van der Waals surface area (Å²) in [7, 11) is 1.61. The second-order valence-electron chi connectivity index (χ2n) is 6.49. The first-order chi connectivity index (χ1) is 13.1. The molecule has 0 radical (unpaired) electrons.